The highest BCUT2D eigenvalue weighted by Gasteiger charge is 2.57. The van der Waals surface area contributed by atoms with Crippen LogP contribution in [0.2, 0.25) is 0 Å². The lowest BCUT2D eigenvalue weighted by molar-refractivity contribution is -0.257. The summed E-state index contributed by atoms with van der Waals surface area (Å²) in [4.78, 5) is 34.9. The van der Waals surface area contributed by atoms with Crippen molar-refractivity contribution in [2.45, 2.75) is 76.4 Å². The first kappa shape index (κ1) is 23.9. The number of aliphatic hydroxyl groups is 1. The summed E-state index contributed by atoms with van der Waals surface area (Å²) < 4.78 is 52.6. The fourth-order valence-corrected chi connectivity index (χ4v) is 2.67. The van der Waals surface area contributed by atoms with Crippen molar-refractivity contribution in [3.05, 3.63) is 12.2 Å². The van der Waals surface area contributed by atoms with E-state index in [0.29, 0.717) is 32.1 Å². The normalized spacial score (nSPS) is 24.6. The van der Waals surface area contributed by atoms with Gasteiger partial charge in [0.25, 0.3) is 5.60 Å². The van der Waals surface area contributed by atoms with E-state index < -0.39 is 41.9 Å². The molecule has 1 N–H and O–H groups in total. The molecule has 1 rings (SSSR count). The molecule has 0 bridgehead atoms. The van der Waals surface area contributed by atoms with Gasteiger partial charge in [0.15, 0.2) is 6.61 Å². The molecule has 0 aromatic heterocycles. The van der Waals surface area contributed by atoms with Gasteiger partial charge in [-0.05, 0) is 46.0 Å². The summed E-state index contributed by atoms with van der Waals surface area (Å²) in [6.45, 7) is 5.98. The molecule has 0 amide bonds. The van der Waals surface area contributed by atoms with Crippen molar-refractivity contribution in [2.75, 3.05) is 6.61 Å². The summed E-state index contributed by atoms with van der Waals surface area (Å²) in [6.07, 6.45) is -3.55. The van der Waals surface area contributed by atoms with E-state index in [-0.39, 0.29) is 18.6 Å². The van der Waals surface area contributed by atoms with Crippen LogP contribution in [0.4, 0.5) is 13.2 Å². The minimum atomic E-state index is -5.24. The van der Waals surface area contributed by atoms with Crippen LogP contribution in [0.25, 0.3) is 0 Å². The Morgan fingerprint density at radius 3 is 2.18 bits per heavy atom. The number of halogens is 3. The SMILES string of the molecule is C=C(C)C(=O)OC1CCC(CC)(OC(=O)COC(=O)C(C)(O)C(F)(F)F)CC1. The predicted molar refractivity (Wildman–Crippen MR) is 89.9 cm³/mol. The third-order valence-corrected chi connectivity index (χ3v) is 4.71. The molecule has 1 fully saturated rings. The second-order valence-corrected chi connectivity index (χ2v) is 7.04. The molecule has 0 spiro atoms. The lowest BCUT2D eigenvalue weighted by Gasteiger charge is -2.38. The van der Waals surface area contributed by atoms with Crippen LogP contribution in [-0.4, -0.2) is 53.1 Å². The maximum absolute atomic E-state index is 12.6. The zero-order valence-electron chi connectivity index (χ0n) is 16.1. The van der Waals surface area contributed by atoms with E-state index in [1.807, 2.05) is 0 Å². The highest BCUT2D eigenvalue weighted by Crippen LogP contribution is 2.36. The molecule has 0 aromatic rings. The Kier molecular flexibility index (Phi) is 7.64. The number of carbonyl (C=O) groups excluding carboxylic acids is 3. The van der Waals surface area contributed by atoms with Crippen LogP contribution < -0.4 is 0 Å². The smallest absolute Gasteiger partial charge is 0.427 e. The van der Waals surface area contributed by atoms with E-state index in [1.54, 1.807) is 6.92 Å². The van der Waals surface area contributed by atoms with Crippen LogP contribution in [-0.2, 0) is 28.6 Å². The number of esters is 3. The van der Waals surface area contributed by atoms with E-state index in [9.17, 15) is 32.7 Å². The minimum Gasteiger partial charge on any atom is -0.459 e. The molecule has 0 saturated heterocycles. The first-order chi connectivity index (χ1) is 12.7. The zero-order chi connectivity index (χ0) is 21.8. The molecule has 10 heteroatoms. The van der Waals surface area contributed by atoms with Gasteiger partial charge in [-0.15, -0.1) is 0 Å². The Morgan fingerprint density at radius 1 is 1.21 bits per heavy atom. The third-order valence-electron chi connectivity index (χ3n) is 4.71. The Morgan fingerprint density at radius 2 is 1.75 bits per heavy atom. The number of ether oxygens (including phenoxy) is 3. The first-order valence-corrected chi connectivity index (χ1v) is 8.79. The highest BCUT2D eigenvalue weighted by molar-refractivity contribution is 5.87. The fourth-order valence-electron chi connectivity index (χ4n) is 2.67. The summed E-state index contributed by atoms with van der Waals surface area (Å²) in [5.74, 6) is -3.52. The lowest BCUT2D eigenvalue weighted by atomic mass is 9.81. The molecule has 1 aliphatic carbocycles. The molecular weight excluding hydrogens is 385 g/mol. The Balaban J connectivity index is 2.57. The van der Waals surface area contributed by atoms with Gasteiger partial charge < -0.3 is 19.3 Å². The van der Waals surface area contributed by atoms with Gasteiger partial charge in [-0.2, -0.15) is 13.2 Å². The van der Waals surface area contributed by atoms with Gasteiger partial charge in [-0.1, -0.05) is 13.5 Å². The molecule has 1 unspecified atom stereocenters. The Labute approximate surface area is 160 Å². The van der Waals surface area contributed by atoms with E-state index >= 15 is 0 Å². The summed E-state index contributed by atoms with van der Waals surface area (Å²) >= 11 is 0. The van der Waals surface area contributed by atoms with Crippen molar-refractivity contribution >= 4 is 17.9 Å². The molecule has 0 radical (unpaired) electrons. The molecule has 28 heavy (non-hydrogen) atoms. The average Bonchev–Trinajstić information content (AvgIpc) is 2.60. The van der Waals surface area contributed by atoms with Gasteiger partial charge in [0.05, 0.1) is 0 Å². The van der Waals surface area contributed by atoms with Crippen LogP contribution >= 0.6 is 0 Å². The van der Waals surface area contributed by atoms with Crippen molar-refractivity contribution in [3.63, 3.8) is 0 Å². The molecule has 1 saturated carbocycles. The summed E-state index contributed by atoms with van der Waals surface area (Å²) in [7, 11) is 0. The van der Waals surface area contributed by atoms with Crippen LogP contribution in [0, 0.1) is 0 Å². The van der Waals surface area contributed by atoms with E-state index in [0.717, 1.165) is 0 Å². The van der Waals surface area contributed by atoms with Crippen LogP contribution in [0.1, 0.15) is 52.9 Å². The number of alkyl halides is 3. The largest absolute Gasteiger partial charge is 0.459 e. The van der Waals surface area contributed by atoms with Gasteiger partial charge >= 0.3 is 24.1 Å². The highest BCUT2D eigenvalue weighted by atomic mass is 19.4. The van der Waals surface area contributed by atoms with Gasteiger partial charge in [0, 0.05) is 5.57 Å². The quantitative estimate of drug-likeness (QED) is 0.391. The standard InChI is InChI=1S/C18H25F3O7/c1-5-17(8-6-12(7-9-17)27-14(23)11(2)3)28-13(22)10-26-15(24)16(4,25)18(19,20)21/h12,25H,2,5-10H2,1,3-4H3. The molecule has 1 atom stereocenters. The predicted octanol–water partition coefficient (Wildman–Crippen LogP) is 2.60. The number of hydrogen-bond donors (Lipinski definition) is 1. The van der Waals surface area contributed by atoms with Crippen LogP contribution in [0.15, 0.2) is 12.2 Å². The molecule has 1 aliphatic rings. The molecule has 160 valence electrons. The minimum absolute atomic E-state index is 0.238. The lowest BCUT2D eigenvalue weighted by Crippen LogP contribution is -2.51. The summed E-state index contributed by atoms with van der Waals surface area (Å²) in [5.41, 5.74) is -4.33. The maximum atomic E-state index is 12.6. The number of rotatable bonds is 7. The van der Waals surface area contributed by atoms with E-state index in [2.05, 4.69) is 11.3 Å². The summed E-state index contributed by atoms with van der Waals surface area (Å²) in [5, 5.41) is 9.19. The fraction of sp³-hybridized carbons (Fsp3) is 0.722. The molecule has 0 aliphatic heterocycles. The van der Waals surface area contributed by atoms with Crippen LogP contribution in [0.5, 0.6) is 0 Å². The summed E-state index contributed by atoms with van der Waals surface area (Å²) in [6, 6.07) is 0. The first-order valence-electron chi connectivity index (χ1n) is 8.79. The third kappa shape index (κ3) is 5.95. The van der Waals surface area contributed by atoms with Crippen molar-refractivity contribution in [1.82, 2.24) is 0 Å². The van der Waals surface area contributed by atoms with Crippen molar-refractivity contribution in [1.29, 1.82) is 0 Å². The maximum Gasteiger partial charge on any atom is 0.427 e. The van der Waals surface area contributed by atoms with Gasteiger partial charge in [-0.3, -0.25) is 0 Å². The van der Waals surface area contributed by atoms with Crippen LogP contribution in [0.3, 0.4) is 0 Å². The van der Waals surface area contributed by atoms with Gasteiger partial charge in [-0.25, -0.2) is 14.4 Å². The van der Waals surface area contributed by atoms with Crippen molar-refractivity contribution in [3.8, 4) is 0 Å². The van der Waals surface area contributed by atoms with Crippen molar-refractivity contribution < 1.29 is 46.9 Å². The molecule has 0 heterocycles. The van der Waals surface area contributed by atoms with Gasteiger partial charge in [0.2, 0.25) is 0 Å². The van der Waals surface area contributed by atoms with Crippen molar-refractivity contribution in [2.24, 2.45) is 0 Å². The molecule has 7 nitrogen and oxygen atoms in total. The monoisotopic (exact) mass is 410 g/mol. The zero-order valence-corrected chi connectivity index (χ0v) is 16.1. The van der Waals surface area contributed by atoms with Gasteiger partial charge in [0.1, 0.15) is 11.7 Å². The van der Waals surface area contributed by atoms with E-state index in [1.165, 1.54) is 6.92 Å². The molecule has 0 aromatic carbocycles. The second-order valence-electron chi connectivity index (χ2n) is 7.04. The average molecular weight is 410 g/mol. The Hall–Kier alpha value is -2.10. The number of hydrogen-bond acceptors (Lipinski definition) is 7. The molecular formula is C18H25F3O7. The van der Waals surface area contributed by atoms with E-state index in [4.69, 9.17) is 9.47 Å². The topological polar surface area (TPSA) is 99.1 Å². The Bertz CT molecular complexity index is 617. The number of carbonyl (C=O) groups is 3. The second kappa shape index (κ2) is 8.93.